The van der Waals surface area contributed by atoms with Gasteiger partial charge < -0.3 is 14.3 Å². The van der Waals surface area contributed by atoms with Gasteiger partial charge in [0.2, 0.25) is 0 Å². The second kappa shape index (κ2) is 13.0. The van der Waals surface area contributed by atoms with Crippen molar-refractivity contribution in [2.24, 2.45) is 5.92 Å². The summed E-state index contributed by atoms with van der Waals surface area (Å²) in [6.07, 6.45) is 8.32. The van der Waals surface area contributed by atoms with Gasteiger partial charge in [-0.2, -0.15) is 0 Å². The lowest BCUT2D eigenvalue weighted by Gasteiger charge is -2.35. The van der Waals surface area contributed by atoms with Gasteiger partial charge in [-0.15, -0.1) is 11.3 Å². The van der Waals surface area contributed by atoms with E-state index in [1.54, 1.807) is 0 Å². The van der Waals surface area contributed by atoms with Crippen molar-refractivity contribution in [2.75, 3.05) is 0 Å². The number of para-hydroxylation sites is 3. The number of hydrogen-bond donors (Lipinski definition) is 2. The van der Waals surface area contributed by atoms with Crippen molar-refractivity contribution in [1.29, 1.82) is 0 Å². The SMILES string of the molecule is C1=C(C2C=c3sc4c(-c5ccc6c(c5)oc5c(-n7c8ccccc8c8ccccc87)cccc56)cccc4c3=CC2)NC(c2ccccc2)NC1c1ccccc1. The van der Waals surface area contributed by atoms with Gasteiger partial charge in [-0.1, -0.05) is 146 Å². The van der Waals surface area contributed by atoms with Crippen LogP contribution in [0.15, 0.2) is 180 Å². The minimum absolute atomic E-state index is 0.0198. The van der Waals surface area contributed by atoms with Crippen LogP contribution in [0.3, 0.4) is 0 Å². The van der Waals surface area contributed by atoms with Gasteiger partial charge in [-0.25, -0.2) is 0 Å². The smallest absolute Gasteiger partial charge is 0.159 e. The first-order valence-electron chi connectivity index (χ1n) is 19.8. The average Bonchev–Trinajstić information content (AvgIpc) is 3.96. The summed E-state index contributed by atoms with van der Waals surface area (Å²) in [5, 5.41) is 15.1. The maximum Gasteiger partial charge on any atom is 0.159 e. The topological polar surface area (TPSA) is 42.1 Å². The Morgan fingerprint density at radius 1 is 0.596 bits per heavy atom. The highest BCUT2D eigenvalue weighted by Gasteiger charge is 2.27. The Kier molecular flexibility index (Phi) is 7.40. The van der Waals surface area contributed by atoms with E-state index in [9.17, 15) is 0 Å². The zero-order valence-electron chi connectivity index (χ0n) is 31.0. The standard InChI is InChI=1S/C52H37N3OS/c1-3-13-32(14-4-1)43-31-44(54-52(53-43)33-15-5-2-6-16-33)35-26-28-40-42-21-11-19-36(51(42)57-49(40)30-35)34-25-27-39-41-20-12-24-47(50(41)56-48(39)29-34)55-45-22-9-7-17-37(45)38-18-8-10-23-46(38)55/h1-25,27-31,35,43,52-54H,26H2. The molecule has 0 saturated heterocycles. The summed E-state index contributed by atoms with van der Waals surface area (Å²) >= 11 is 1.91. The van der Waals surface area contributed by atoms with Crippen molar-refractivity contribution in [3.8, 4) is 16.8 Å². The van der Waals surface area contributed by atoms with Crippen molar-refractivity contribution < 1.29 is 4.42 Å². The molecular weight excluding hydrogens is 715 g/mol. The van der Waals surface area contributed by atoms with E-state index in [2.05, 4.69) is 197 Å². The number of hydrogen-bond acceptors (Lipinski definition) is 4. The Morgan fingerprint density at radius 3 is 2.07 bits per heavy atom. The third-order valence-electron chi connectivity index (χ3n) is 12.0. The van der Waals surface area contributed by atoms with Crippen LogP contribution in [0.1, 0.15) is 29.8 Å². The molecule has 12 rings (SSSR count). The van der Waals surface area contributed by atoms with E-state index in [-0.39, 0.29) is 18.1 Å². The predicted molar refractivity (Wildman–Crippen MR) is 238 cm³/mol. The largest absolute Gasteiger partial charge is 0.454 e. The molecule has 0 fully saturated rings. The molecule has 2 aliphatic rings. The lowest BCUT2D eigenvalue weighted by Crippen LogP contribution is -2.42. The summed E-state index contributed by atoms with van der Waals surface area (Å²) in [4.78, 5) is 0. The third-order valence-corrected chi connectivity index (χ3v) is 13.2. The molecule has 0 amide bonds. The number of rotatable bonds is 5. The molecule has 4 nitrogen and oxygen atoms in total. The highest BCUT2D eigenvalue weighted by atomic mass is 32.1. The number of nitrogens with zero attached hydrogens (tertiary/aromatic N) is 1. The Morgan fingerprint density at radius 2 is 1.28 bits per heavy atom. The lowest BCUT2D eigenvalue weighted by molar-refractivity contribution is 0.400. The van der Waals surface area contributed by atoms with Crippen LogP contribution in [-0.2, 0) is 0 Å². The van der Waals surface area contributed by atoms with E-state index in [0.29, 0.717) is 0 Å². The van der Waals surface area contributed by atoms with E-state index in [1.807, 2.05) is 11.3 Å². The summed E-state index contributed by atoms with van der Waals surface area (Å²) in [6, 6.07) is 58.9. The molecule has 4 heterocycles. The van der Waals surface area contributed by atoms with Crippen LogP contribution in [0.4, 0.5) is 0 Å². The zero-order valence-corrected chi connectivity index (χ0v) is 31.8. The van der Waals surface area contributed by atoms with E-state index in [1.165, 1.54) is 69.6 Å². The van der Waals surface area contributed by atoms with E-state index >= 15 is 0 Å². The number of furan rings is 1. The first-order chi connectivity index (χ1) is 28.2. The van der Waals surface area contributed by atoms with E-state index in [0.717, 1.165) is 34.0 Å². The molecule has 3 aromatic heterocycles. The van der Waals surface area contributed by atoms with Crippen LogP contribution in [0.2, 0.25) is 0 Å². The van der Waals surface area contributed by atoms with Gasteiger partial charge >= 0.3 is 0 Å². The quantitative estimate of drug-likeness (QED) is 0.184. The number of fused-ring (bicyclic) bond motifs is 9. The highest BCUT2D eigenvalue weighted by molar-refractivity contribution is 7.17. The fourth-order valence-corrected chi connectivity index (χ4v) is 10.7. The molecule has 0 radical (unpaired) electrons. The maximum atomic E-state index is 6.88. The number of benzene rings is 7. The van der Waals surface area contributed by atoms with Crippen molar-refractivity contribution in [2.45, 2.75) is 18.6 Å². The fraction of sp³-hybridized carbons (Fsp3) is 0.0769. The first kappa shape index (κ1) is 32.6. The van der Waals surface area contributed by atoms with Gasteiger partial charge in [-0.05, 0) is 70.3 Å². The number of thiophene rings is 1. The number of allylic oxidation sites excluding steroid dienone is 1. The zero-order chi connectivity index (χ0) is 37.5. The van der Waals surface area contributed by atoms with Crippen molar-refractivity contribution >= 4 is 77.3 Å². The van der Waals surface area contributed by atoms with Gasteiger partial charge in [0.1, 0.15) is 11.7 Å². The summed E-state index contributed by atoms with van der Waals surface area (Å²) < 4.78 is 11.9. The highest BCUT2D eigenvalue weighted by Crippen LogP contribution is 2.40. The van der Waals surface area contributed by atoms with E-state index < -0.39 is 0 Å². The lowest BCUT2D eigenvalue weighted by atomic mass is 9.91. The first-order valence-corrected chi connectivity index (χ1v) is 20.6. The van der Waals surface area contributed by atoms with Crippen LogP contribution >= 0.6 is 11.3 Å². The molecule has 2 N–H and O–H groups in total. The molecule has 272 valence electrons. The fourth-order valence-electron chi connectivity index (χ4n) is 9.31. The van der Waals surface area contributed by atoms with Crippen LogP contribution in [0.25, 0.3) is 82.8 Å². The van der Waals surface area contributed by atoms with Gasteiger partial charge in [0.25, 0.3) is 0 Å². The average molecular weight is 752 g/mol. The molecule has 7 aromatic carbocycles. The van der Waals surface area contributed by atoms with Crippen molar-refractivity contribution in [3.05, 3.63) is 196 Å². The summed E-state index contributed by atoms with van der Waals surface area (Å²) in [7, 11) is 0. The molecule has 0 spiro atoms. The molecule has 3 atom stereocenters. The van der Waals surface area contributed by atoms with Crippen LogP contribution in [0.5, 0.6) is 0 Å². The Balaban J connectivity index is 0.948. The van der Waals surface area contributed by atoms with Crippen LogP contribution in [0, 0.1) is 5.92 Å². The molecule has 1 aliphatic carbocycles. The summed E-state index contributed by atoms with van der Waals surface area (Å²) in [5.74, 6) is 0.254. The van der Waals surface area contributed by atoms with Crippen LogP contribution < -0.4 is 20.4 Å². The molecular formula is C52H37N3OS. The Bertz CT molecular complexity index is 3300. The maximum absolute atomic E-state index is 6.88. The van der Waals surface area contributed by atoms with Crippen molar-refractivity contribution in [1.82, 2.24) is 15.2 Å². The molecule has 3 unspecified atom stereocenters. The predicted octanol–water partition coefficient (Wildman–Crippen LogP) is 11.7. The molecule has 5 heteroatoms. The molecule has 10 aromatic rings. The molecule has 0 saturated carbocycles. The van der Waals surface area contributed by atoms with Gasteiger partial charge in [-0.3, -0.25) is 5.32 Å². The normalized spacial score (nSPS) is 18.0. The van der Waals surface area contributed by atoms with Crippen molar-refractivity contribution in [3.63, 3.8) is 0 Å². The minimum Gasteiger partial charge on any atom is -0.454 e. The number of nitrogens with one attached hydrogen (secondary N) is 2. The van der Waals surface area contributed by atoms with Gasteiger partial charge in [0.05, 0.1) is 22.8 Å². The van der Waals surface area contributed by atoms with Crippen LogP contribution in [-0.4, -0.2) is 4.57 Å². The third kappa shape index (κ3) is 5.23. The Labute approximate surface area is 333 Å². The molecule has 0 bridgehead atoms. The molecule has 1 aliphatic heterocycles. The Hall–Kier alpha value is -6.66. The summed E-state index contributed by atoms with van der Waals surface area (Å²) in [5.41, 5.74) is 11.4. The van der Waals surface area contributed by atoms with E-state index in [4.69, 9.17) is 4.42 Å². The van der Waals surface area contributed by atoms with Gasteiger partial charge in [0, 0.05) is 47.8 Å². The second-order valence-corrected chi connectivity index (χ2v) is 16.3. The summed E-state index contributed by atoms with van der Waals surface area (Å²) in [6.45, 7) is 0. The van der Waals surface area contributed by atoms with Gasteiger partial charge in [0.15, 0.2) is 5.58 Å². The number of aromatic nitrogens is 1. The second-order valence-electron chi connectivity index (χ2n) is 15.3. The molecule has 57 heavy (non-hydrogen) atoms. The monoisotopic (exact) mass is 751 g/mol. The minimum atomic E-state index is 0.0198.